The third-order valence-electron chi connectivity index (χ3n) is 4.04. The van der Waals surface area contributed by atoms with Gasteiger partial charge in [-0.3, -0.25) is 9.89 Å². The van der Waals surface area contributed by atoms with Gasteiger partial charge in [0.15, 0.2) is 0 Å². The first kappa shape index (κ1) is 13.1. The van der Waals surface area contributed by atoms with Gasteiger partial charge >= 0.3 is 0 Å². The molecular weight excluding hydrogens is 254 g/mol. The molecule has 2 heterocycles. The Hall–Kier alpha value is -1.88. The molecule has 1 aliphatic rings. The number of nitrogens with one attached hydrogen (secondary N) is 1. The fourth-order valence-corrected chi connectivity index (χ4v) is 2.88. The Morgan fingerprint density at radius 3 is 3.15 bits per heavy atom. The van der Waals surface area contributed by atoms with E-state index >= 15 is 0 Å². The van der Waals surface area contributed by atoms with Gasteiger partial charge in [0.25, 0.3) is 5.91 Å². The molecule has 1 aliphatic heterocycles. The molecule has 1 amide bonds. The van der Waals surface area contributed by atoms with E-state index in [9.17, 15) is 9.90 Å². The number of carbonyl (C=O) groups is 1. The van der Waals surface area contributed by atoms with E-state index in [-0.39, 0.29) is 18.6 Å². The van der Waals surface area contributed by atoms with E-state index in [1.807, 2.05) is 23.1 Å². The SMILES string of the molecule is O=C(c1ccc2[nH]ncc2c1)N1CCCCCC1CO. The monoisotopic (exact) mass is 273 g/mol. The van der Waals surface area contributed by atoms with Crippen LogP contribution in [0.25, 0.3) is 10.9 Å². The molecule has 1 aromatic carbocycles. The number of H-pyrrole nitrogens is 1. The summed E-state index contributed by atoms with van der Waals surface area (Å²) in [7, 11) is 0. The predicted octanol–water partition coefficient (Wildman–Crippen LogP) is 1.94. The van der Waals surface area contributed by atoms with Crippen molar-refractivity contribution in [1.29, 1.82) is 0 Å². The fourth-order valence-electron chi connectivity index (χ4n) is 2.88. The number of hydrogen-bond acceptors (Lipinski definition) is 3. The normalized spacial score (nSPS) is 20.1. The molecule has 5 nitrogen and oxygen atoms in total. The number of likely N-dealkylation sites (tertiary alicyclic amines) is 1. The van der Waals surface area contributed by atoms with Gasteiger partial charge < -0.3 is 10.0 Å². The number of benzene rings is 1. The lowest BCUT2D eigenvalue weighted by Gasteiger charge is -2.28. The minimum Gasteiger partial charge on any atom is -0.394 e. The minimum atomic E-state index is -0.0509. The van der Waals surface area contributed by atoms with E-state index < -0.39 is 0 Å². The zero-order valence-electron chi connectivity index (χ0n) is 11.4. The first-order valence-corrected chi connectivity index (χ1v) is 7.14. The van der Waals surface area contributed by atoms with Gasteiger partial charge in [0.1, 0.15) is 0 Å². The van der Waals surface area contributed by atoms with Gasteiger partial charge in [0, 0.05) is 17.5 Å². The Balaban J connectivity index is 1.88. The largest absolute Gasteiger partial charge is 0.394 e. The molecule has 2 aromatic rings. The fraction of sp³-hybridized carbons (Fsp3) is 0.467. The molecule has 0 radical (unpaired) electrons. The molecule has 0 spiro atoms. The average Bonchev–Trinajstić information content (AvgIpc) is 2.81. The maximum atomic E-state index is 12.7. The van der Waals surface area contributed by atoms with Crippen LogP contribution in [0.2, 0.25) is 0 Å². The second-order valence-corrected chi connectivity index (χ2v) is 5.36. The topological polar surface area (TPSA) is 69.2 Å². The molecule has 2 N–H and O–H groups in total. The lowest BCUT2D eigenvalue weighted by atomic mass is 10.1. The van der Waals surface area contributed by atoms with Crippen LogP contribution in [0.15, 0.2) is 24.4 Å². The van der Waals surface area contributed by atoms with Gasteiger partial charge in [-0.2, -0.15) is 5.10 Å². The first-order valence-electron chi connectivity index (χ1n) is 7.14. The van der Waals surface area contributed by atoms with Crippen molar-refractivity contribution >= 4 is 16.8 Å². The van der Waals surface area contributed by atoms with Crippen molar-refractivity contribution in [1.82, 2.24) is 15.1 Å². The maximum Gasteiger partial charge on any atom is 0.254 e. The van der Waals surface area contributed by atoms with Crippen molar-refractivity contribution < 1.29 is 9.90 Å². The zero-order valence-corrected chi connectivity index (χ0v) is 11.4. The lowest BCUT2D eigenvalue weighted by molar-refractivity contribution is 0.0600. The highest BCUT2D eigenvalue weighted by Gasteiger charge is 2.25. The second-order valence-electron chi connectivity index (χ2n) is 5.36. The number of rotatable bonds is 2. The van der Waals surface area contributed by atoms with E-state index in [1.165, 1.54) is 0 Å². The summed E-state index contributed by atoms with van der Waals surface area (Å²) in [4.78, 5) is 14.5. The minimum absolute atomic E-state index is 0.00838. The Kier molecular flexibility index (Phi) is 3.69. The molecule has 1 atom stereocenters. The molecule has 0 saturated carbocycles. The number of aromatic amines is 1. The number of fused-ring (bicyclic) bond motifs is 1. The molecular formula is C15H19N3O2. The van der Waals surface area contributed by atoms with Crippen molar-refractivity contribution in [2.75, 3.05) is 13.2 Å². The summed E-state index contributed by atoms with van der Waals surface area (Å²) in [5, 5.41) is 17.3. The summed E-state index contributed by atoms with van der Waals surface area (Å²) in [6, 6.07) is 5.51. The quantitative estimate of drug-likeness (QED) is 0.878. The van der Waals surface area contributed by atoms with Crippen LogP contribution in [0.3, 0.4) is 0 Å². The summed E-state index contributed by atoms with van der Waals surface area (Å²) in [5.74, 6) is 0.00838. The molecule has 1 unspecified atom stereocenters. The second kappa shape index (κ2) is 5.63. The van der Waals surface area contributed by atoms with Crippen LogP contribution in [0, 0.1) is 0 Å². The standard InChI is InChI=1S/C15H19N3O2/c19-10-13-4-2-1-3-7-18(13)15(20)11-5-6-14-12(8-11)9-16-17-14/h5-6,8-9,13,19H,1-4,7,10H2,(H,16,17). The number of amides is 1. The summed E-state index contributed by atoms with van der Waals surface area (Å²) >= 11 is 0. The van der Waals surface area contributed by atoms with Gasteiger partial charge in [-0.25, -0.2) is 0 Å². The lowest BCUT2D eigenvalue weighted by Crippen LogP contribution is -2.42. The molecule has 3 rings (SSSR count). The Morgan fingerprint density at radius 1 is 1.40 bits per heavy atom. The van der Waals surface area contributed by atoms with E-state index in [0.29, 0.717) is 5.56 Å². The number of aromatic nitrogens is 2. The van der Waals surface area contributed by atoms with Crippen molar-refractivity contribution in [3.63, 3.8) is 0 Å². The highest BCUT2D eigenvalue weighted by Crippen LogP contribution is 2.21. The highest BCUT2D eigenvalue weighted by molar-refractivity contribution is 5.98. The van der Waals surface area contributed by atoms with Gasteiger partial charge in [-0.05, 0) is 31.0 Å². The summed E-state index contributed by atoms with van der Waals surface area (Å²) < 4.78 is 0. The van der Waals surface area contributed by atoms with Crippen LogP contribution in [0.1, 0.15) is 36.0 Å². The van der Waals surface area contributed by atoms with Crippen LogP contribution in [-0.4, -0.2) is 45.3 Å². The van der Waals surface area contributed by atoms with Gasteiger partial charge in [-0.1, -0.05) is 12.8 Å². The van der Waals surface area contributed by atoms with E-state index in [0.717, 1.165) is 43.1 Å². The molecule has 20 heavy (non-hydrogen) atoms. The maximum absolute atomic E-state index is 12.7. The van der Waals surface area contributed by atoms with Gasteiger partial charge in [-0.15, -0.1) is 0 Å². The number of nitrogens with zero attached hydrogens (tertiary/aromatic N) is 2. The van der Waals surface area contributed by atoms with Crippen LogP contribution in [0.5, 0.6) is 0 Å². The molecule has 0 aliphatic carbocycles. The molecule has 1 fully saturated rings. The zero-order chi connectivity index (χ0) is 13.9. The predicted molar refractivity (Wildman–Crippen MR) is 76.5 cm³/mol. The number of carbonyl (C=O) groups excluding carboxylic acids is 1. The summed E-state index contributed by atoms with van der Waals surface area (Å²) in [6.07, 6.45) is 5.82. The van der Waals surface area contributed by atoms with Gasteiger partial charge in [0.05, 0.1) is 24.4 Å². The van der Waals surface area contributed by atoms with Crippen molar-refractivity contribution in [3.05, 3.63) is 30.0 Å². The van der Waals surface area contributed by atoms with Crippen molar-refractivity contribution in [2.45, 2.75) is 31.7 Å². The molecule has 1 aromatic heterocycles. The van der Waals surface area contributed by atoms with E-state index in [2.05, 4.69) is 10.2 Å². The third kappa shape index (κ3) is 2.41. The van der Waals surface area contributed by atoms with Crippen LogP contribution >= 0.6 is 0 Å². The van der Waals surface area contributed by atoms with Crippen LogP contribution in [0.4, 0.5) is 0 Å². The Labute approximate surface area is 117 Å². The van der Waals surface area contributed by atoms with Crippen LogP contribution in [-0.2, 0) is 0 Å². The summed E-state index contributed by atoms with van der Waals surface area (Å²) in [5.41, 5.74) is 1.59. The Morgan fingerprint density at radius 2 is 2.30 bits per heavy atom. The third-order valence-corrected chi connectivity index (χ3v) is 4.04. The average molecular weight is 273 g/mol. The number of hydrogen-bond donors (Lipinski definition) is 2. The molecule has 106 valence electrons. The van der Waals surface area contributed by atoms with Crippen molar-refractivity contribution in [2.24, 2.45) is 0 Å². The first-order chi connectivity index (χ1) is 9.79. The molecule has 1 saturated heterocycles. The van der Waals surface area contributed by atoms with E-state index in [1.54, 1.807) is 6.20 Å². The van der Waals surface area contributed by atoms with Crippen molar-refractivity contribution in [3.8, 4) is 0 Å². The molecule has 5 heteroatoms. The highest BCUT2D eigenvalue weighted by atomic mass is 16.3. The molecule has 0 bridgehead atoms. The van der Waals surface area contributed by atoms with Crippen LogP contribution < -0.4 is 0 Å². The number of aliphatic hydroxyl groups is 1. The Bertz CT molecular complexity index is 608. The number of aliphatic hydroxyl groups excluding tert-OH is 1. The smallest absolute Gasteiger partial charge is 0.254 e. The summed E-state index contributed by atoms with van der Waals surface area (Å²) in [6.45, 7) is 0.771. The van der Waals surface area contributed by atoms with Gasteiger partial charge in [0.2, 0.25) is 0 Å². The van der Waals surface area contributed by atoms with E-state index in [4.69, 9.17) is 0 Å².